The standard InChI is InChI=1S/C70H48N4/c1-5-21-49(22-6-1)63-45-51-48-70(72(54-27-11-4-12-28-54)56-39-43-58(44-40-56)74-67-35-19-15-31-61(67)62-32-16-20-36-68(62)74)64(50-23-7-2-8-24-50)46-52(51)47-69(63)71(53-25-9-3-10-26-53)55-37-41-57(42-38-55)73-65-33-17-13-29-59(65)60-30-14-18-34-66(60)73/h1-48H. The Hall–Kier alpha value is -9.90. The zero-order valence-electron chi connectivity index (χ0n) is 40.5. The lowest BCUT2D eigenvalue weighted by Crippen LogP contribution is -2.12. The number of hydrogen-bond donors (Lipinski definition) is 0. The summed E-state index contributed by atoms with van der Waals surface area (Å²) < 4.78 is 4.77. The van der Waals surface area contributed by atoms with Crippen LogP contribution in [0.2, 0.25) is 0 Å². The van der Waals surface area contributed by atoms with Gasteiger partial charge in [0.1, 0.15) is 0 Å². The summed E-state index contributed by atoms with van der Waals surface area (Å²) in [5.41, 5.74) is 18.0. The van der Waals surface area contributed by atoms with E-state index in [9.17, 15) is 0 Å². The van der Waals surface area contributed by atoms with Crippen molar-refractivity contribution in [1.29, 1.82) is 0 Å². The van der Waals surface area contributed by atoms with Crippen LogP contribution in [0.1, 0.15) is 0 Å². The van der Waals surface area contributed by atoms with Crippen molar-refractivity contribution in [1.82, 2.24) is 9.13 Å². The molecule has 0 amide bonds. The summed E-state index contributed by atoms with van der Waals surface area (Å²) in [5.74, 6) is 0. The lowest BCUT2D eigenvalue weighted by Gasteiger charge is -2.30. The number of para-hydroxylation sites is 6. The molecule has 0 fully saturated rings. The Morgan fingerprint density at radius 1 is 0.230 bits per heavy atom. The van der Waals surface area contributed by atoms with E-state index in [0.29, 0.717) is 0 Å². The van der Waals surface area contributed by atoms with Crippen molar-refractivity contribution >= 4 is 88.5 Å². The zero-order valence-corrected chi connectivity index (χ0v) is 40.5. The summed E-state index contributed by atoms with van der Waals surface area (Å²) in [6.45, 7) is 0. The molecule has 2 aromatic heterocycles. The number of anilines is 6. The molecule has 0 aliphatic heterocycles. The number of benzene rings is 12. The third kappa shape index (κ3) is 7.31. The van der Waals surface area contributed by atoms with Gasteiger partial charge in [0, 0.05) is 66.8 Å². The Kier molecular flexibility index (Phi) is 10.5. The van der Waals surface area contributed by atoms with E-state index in [1.54, 1.807) is 0 Å². The Morgan fingerprint density at radius 2 is 0.500 bits per heavy atom. The molecule has 0 radical (unpaired) electrons. The number of rotatable bonds is 10. The van der Waals surface area contributed by atoms with Crippen LogP contribution in [0, 0.1) is 0 Å². The van der Waals surface area contributed by atoms with Crippen LogP contribution < -0.4 is 9.80 Å². The Balaban J connectivity index is 0.959. The van der Waals surface area contributed by atoms with E-state index in [1.807, 2.05) is 0 Å². The van der Waals surface area contributed by atoms with Gasteiger partial charge in [-0.05, 0) is 143 Å². The predicted octanol–water partition coefficient (Wildman–Crippen LogP) is 19.3. The topological polar surface area (TPSA) is 16.3 Å². The molecule has 0 saturated heterocycles. The summed E-state index contributed by atoms with van der Waals surface area (Å²) in [6.07, 6.45) is 0. The average molecular weight is 945 g/mol. The number of hydrogen-bond acceptors (Lipinski definition) is 2. The van der Waals surface area contributed by atoms with Crippen molar-refractivity contribution in [2.24, 2.45) is 0 Å². The van der Waals surface area contributed by atoms with E-state index in [0.717, 1.165) is 78.5 Å². The van der Waals surface area contributed by atoms with Gasteiger partial charge >= 0.3 is 0 Å². The lowest BCUT2D eigenvalue weighted by atomic mass is 9.93. The van der Waals surface area contributed by atoms with Gasteiger partial charge in [0.05, 0.1) is 33.4 Å². The summed E-state index contributed by atoms with van der Waals surface area (Å²) >= 11 is 0. The fourth-order valence-electron chi connectivity index (χ4n) is 11.3. The molecule has 348 valence electrons. The van der Waals surface area contributed by atoms with E-state index in [1.165, 1.54) is 43.6 Å². The summed E-state index contributed by atoms with van der Waals surface area (Å²) in [7, 11) is 0. The molecule has 4 nitrogen and oxygen atoms in total. The van der Waals surface area contributed by atoms with Crippen LogP contribution in [-0.4, -0.2) is 9.13 Å². The largest absolute Gasteiger partial charge is 0.310 e. The van der Waals surface area contributed by atoms with Crippen LogP contribution in [0.25, 0.3) is 88.0 Å². The molecule has 0 bridgehead atoms. The van der Waals surface area contributed by atoms with Gasteiger partial charge in [-0.15, -0.1) is 0 Å². The van der Waals surface area contributed by atoms with E-state index < -0.39 is 0 Å². The molecule has 14 aromatic rings. The second-order valence-corrected chi connectivity index (χ2v) is 18.9. The van der Waals surface area contributed by atoms with Gasteiger partial charge < -0.3 is 18.9 Å². The second kappa shape index (κ2) is 18.1. The van der Waals surface area contributed by atoms with Crippen LogP contribution in [0.5, 0.6) is 0 Å². The Morgan fingerprint density at radius 3 is 0.824 bits per heavy atom. The van der Waals surface area contributed by atoms with Crippen LogP contribution >= 0.6 is 0 Å². The summed E-state index contributed by atoms with van der Waals surface area (Å²) in [6, 6.07) is 106. The molecular weight excluding hydrogens is 897 g/mol. The van der Waals surface area contributed by atoms with Gasteiger partial charge in [-0.1, -0.05) is 170 Å². The maximum absolute atomic E-state index is 2.42. The molecule has 0 spiro atoms. The molecule has 2 heterocycles. The Labute approximate surface area is 430 Å². The van der Waals surface area contributed by atoms with Crippen LogP contribution in [0.3, 0.4) is 0 Å². The SMILES string of the molecule is c1ccc(-c2cc3cc(N(c4ccccc4)c4ccc(-n5c6ccccc6c6ccccc65)cc4)c(-c4ccccc4)cc3cc2N(c2ccccc2)c2ccc(-n3c4ccccc4c4ccccc43)cc2)cc1. The first-order chi connectivity index (χ1) is 36.7. The van der Waals surface area contributed by atoms with Gasteiger partial charge in [-0.3, -0.25) is 0 Å². The quantitative estimate of drug-likeness (QED) is 0.136. The van der Waals surface area contributed by atoms with Gasteiger partial charge in [0.2, 0.25) is 0 Å². The molecule has 0 saturated carbocycles. The van der Waals surface area contributed by atoms with Crippen molar-refractivity contribution < 1.29 is 0 Å². The molecule has 0 aliphatic carbocycles. The van der Waals surface area contributed by atoms with Crippen LogP contribution in [0.4, 0.5) is 34.1 Å². The summed E-state index contributed by atoms with van der Waals surface area (Å²) in [4.78, 5) is 4.84. The molecule has 0 atom stereocenters. The normalized spacial score (nSPS) is 11.5. The number of nitrogens with zero attached hydrogens (tertiary/aromatic N) is 4. The summed E-state index contributed by atoms with van der Waals surface area (Å²) in [5, 5.41) is 7.28. The van der Waals surface area contributed by atoms with Gasteiger partial charge in [-0.2, -0.15) is 0 Å². The minimum absolute atomic E-state index is 1.07. The molecule has 4 heteroatoms. The van der Waals surface area contributed by atoms with E-state index in [2.05, 4.69) is 310 Å². The van der Waals surface area contributed by atoms with Crippen LogP contribution in [0.15, 0.2) is 291 Å². The predicted molar refractivity (Wildman–Crippen MR) is 313 cm³/mol. The van der Waals surface area contributed by atoms with Crippen LogP contribution in [-0.2, 0) is 0 Å². The van der Waals surface area contributed by atoms with Crippen molar-refractivity contribution in [3.8, 4) is 33.6 Å². The third-order valence-corrected chi connectivity index (χ3v) is 14.6. The van der Waals surface area contributed by atoms with E-state index >= 15 is 0 Å². The fourth-order valence-corrected chi connectivity index (χ4v) is 11.3. The van der Waals surface area contributed by atoms with E-state index in [4.69, 9.17) is 0 Å². The first-order valence-electron chi connectivity index (χ1n) is 25.3. The van der Waals surface area contributed by atoms with Crippen molar-refractivity contribution in [2.75, 3.05) is 9.80 Å². The fraction of sp³-hybridized carbons (Fsp3) is 0. The maximum Gasteiger partial charge on any atom is 0.0546 e. The smallest absolute Gasteiger partial charge is 0.0546 e. The number of fused-ring (bicyclic) bond motifs is 7. The molecule has 0 aliphatic rings. The van der Waals surface area contributed by atoms with Crippen molar-refractivity contribution in [2.45, 2.75) is 0 Å². The monoisotopic (exact) mass is 944 g/mol. The maximum atomic E-state index is 2.42. The number of aromatic nitrogens is 2. The van der Waals surface area contributed by atoms with E-state index in [-0.39, 0.29) is 0 Å². The van der Waals surface area contributed by atoms with Gasteiger partial charge in [0.25, 0.3) is 0 Å². The minimum Gasteiger partial charge on any atom is -0.310 e. The highest BCUT2D eigenvalue weighted by Gasteiger charge is 2.23. The molecular formula is C70H48N4. The lowest BCUT2D eigenvalue weighted by molar-refractivity contribution is 1.17. The Bertz CT molecular complexity index is 3940. The second-order valence-electron chi connectivity index (χ2n) is 18.9. The third-order valence-electron chi connectivity index (χ3n) is 14.6. The zero-order chi connectivity index (χ0) is 49.0. The first kappa shape index (κ1) is 42.9. The van der Waals surface area contributed by atoms with Gasteiger partial charge in [0.15, 0.2) is 0 Å². The highest BCUT2D eigenvalue weighted by molar-refractivity contribution is 6.11. The molecule has 12 aromatic carbocycles. The average Bonchev–Trinajstić information content (AvgIpc) is 4.00. The minimum atomic E-state index is 1.07. The molecule has 0 unspecified atom stereocenters. The van der Waals surface area contributed by atoms with Crippen molar-refractivity contribution in [3.05, 3.63) is 291 Å². The van der Waals surface area contributed by atoms with Gasteiger partial charge in [-0.25, -0.2) is 0 Å². The van der Waals surface area contributed by atoms with Crippen molar-refractivity contribution in [3.63, 3.8) is 0 Å². The molecule has 74 heavy (non-hydrogen) atoms. The molecule has 14 rings (SSSR count). The highest BCUT2D eigenvalue weighted by Crippen LogP contribution is 2.48. The highest BCUT2D eigenvalue weighted by atomic mass is 15.2. The molecule has 0 N–H and O–H groups in total. The first-order valence-corrected chi connectivity index (χ1v) is 25.3.